The lowest BCUT2D eigenvalue weighted by Crippen LogP contribution is -2.32. The van der Waals surface area contributed by atoms with Crippen LogP contribution in [0.4, 0.5) is 11.4 Å². The Morgan fingerprint density at radius 3 is 2.56 bits per heavy atom. The van der Waals surface area contributed by atoms with E-state index in [2.05, 4.69) is 15.2 Å². The highest BCUT2D eigenvalue weighted by atomic mass is 32.2. The number of piperidine rings is 1. The number of aromatic nitrogens is 1. The van der Waals surface area contributed by atoms with Crippen LogP contribution < -0.4 is 10.2 Å². The number of hydrogen-bond acceptors (Lipinski definition) is 6. The smallest absolute Gasteiger partial charge is 0.243 e. The number of thioether (sulfide) groups is 1. The summed E-state index contributed by atoms with van der Waals surface area (Å²) in [7, 11) is -3.61. The van der Waals surface area contributed by atoms with Gasteiger partial charge >= 0.3 is 0 Å². The Hall–Kier alpha value is -2.10. The van der Waals surface area contributed by atoms with Gasteiger partial charge in [0.15, 0.2) is 0 Å². The predicted molar refractivity (Wildman–Crippen MR) is 132 cm³/mol. The molecular weight excluding hydrogens is 444 g/mol. The fourth-order valence-electron chi connectivity index (χ4n) is 3.83. The molecule has 1 fully saturated rings. The van der Waals surface area contributed by atoms with Gasteiger partial charge in [0.1, 0.15) is 0 Å². The van der Waals surface area contributed by atoms with Crippen molar-refractivity contribution in [2.24, 2.45) is 0 Å². The number of nitrogens with zero attached hydrogens (tertiary/aromatic N) is 3. The topological polar surface area (TPSA) is 82.6 Å². The highest BCUT2D eigenvalue weighted by Gasteiger charge is 2.24. The van der Waals surface area contributed by atoms with Crippen LogP contribution in [0.2, 0.25) is 0 Å². The lowest BCUT2D eigenvalue weighted by molar-refractivity contribution is -0.113. The van der Waals surface area contributed by atoms with Gasteiger partial charge in [0.2, 0.25) is 15.9 Å². The van der Waals surface area contributed by atoms with Gasteiger partial charge in [0.25, 0.3) is 0 Å². The second-order valence-corrected chi connectivity index (χ2v) is 10.6. The summed E-state index contributed by atoms with van der Waals surface area (Å²) in [6.07, 6.45) is 6.89. The molecule has 1 amide bonds. The van der Waals surface area contributed by atoms with E-state index in [1.807, 2.05) is 32.0 Å². The summed E-state index contributed by atoms with van der Waals surface area (Å²) in [5, 5.41) is 2.98. The van der Waals surface area contributed by atoms with Crippen LogP contribution in [0.3, 0.4) is 0 Å². The molecule has 0 saturated carbocycles. The normalized spacial score (nSPS) is 14.5. The Labute approximate surface area is 195 Å². The molecule has 1 aromatic carbocycles. The highest BCUT2D eigenvalue weighted by Crippen LogP contribution is 2.32. The Morgan fingerprint density at radius 1 is 1.16 bits per heavy atom. The van der Waals surface area contributed by atoms with Gasteiger partial charge in [-0.3, -0.25) is 9.78 Å². The molecule has 1 aliphatic rings. The molecule has 0 atom stereocenters. The molecule has 9 heteroatoms. The van der Waals surface area contributed by atoms with E-state index in [1.165, 1.54) is 22.5 Å². The van der Waals surface area contributed by atoms with E-state index in [0.717, 1.165) is 37.2 Å². The van der Waals surface area contributed by atoms with Crippen LogP contribution in [-0.4, -0.2) is 55.5 Å². The van der Waals surface area contributed by atoms with Gasteiger partial charge in [-0.25, -0.2) is 8.42 Å². The number of carbonyl (C=O) groups excluding carboxylic acids is 1. The van der Waals surface area contributed by atoms with Crippen molar-refractivity contribution in [3.63, 3.8) is 0 Å². The first kappa shape index (κ1) is 24.5. The Bertz CT molecular complexity index is 990. The van der Waals surface area contributed by atoms with E-state index in [1.54, 1.807) is 24.5 Å². The van der Waals surface area contributed by atoms with Gasteiger partial charge in [-0.15, -0.1) is 11.8 Å². The van der Waals surface area contributed by atoms with Crippen molar-refractivity contribution in [3.8, 4) is 0 Å². The molecule has 2 heterocycles. The zero-order valence-electron chi connectivity index (χ0n) is 18.8. The molecule has 0 aliphatic carbocycles. The van der Waals surface area contributed by atoms with Gasteiger partial charge in [-0.2, -0.15) is 4.31 Å². The maximum absolute atomic E-state index is 13.0. The van der Waals surface area contributed by atoms with Gasteiger partial charge < -0.3 is 10.2 Å². The molecule has 174 valence electrons. The summed E-state index contributed by atoms with van der Waals surface area (Å²) in [4.78, 5) is 19.3. The van der Waals surface area contributed by atoms with Crippen LogP contribution in [0.25, 0.3) is 0 Å². The van der Waals surface area contributed by atoms with Gasteiger partial charge in [-0.1, -0.05) is 19.9 Å². The molecule has 1 N–H and O–H groups in total. The van der Waals surface area contributed by atoms with Gasteiger partial charge in [-0.05, 0) is 49.1 Å². The second-order valence-electron chi connectivity index (χ2n) is 7.72. The van der Waals surface area contributed by atoms with Crippen molar-refractivity contribution >= 4 is 39.1 Å². The number of amides is 1. The maximum Gasteiger partial charge on any atom is 0.243 e. The average Bonchev–Trinajstić information content (AvgIpc) is 2.81. The molecule has 7 nitrogen and oxygen atoms in total. The molecule has 3 rings (SSSR count). The zero-order valence-corrected chi connectivity index (χ0v) is 20.4. The standard InChI is InChI=1S/C23H32N4O3S2/c1-3-27(4-2)32(29,30)20-10-11-22(26-13-6-5-7-14-26)21(15-20)25-23(28)18-31-17-19-9-8-12-24-16-19/h8-12,15-16H,3-7,13-14,17-18H2,1-2H3,(H,25,28). The van der Waals surface area contributed by atoms with Crippen LogP contribution >= 0.6 is 11.8 Å². The van der Waals surface area contributed by atoms with Crippen molar-refractivity contribution < 1.29 is 13.2 Å². The first-order valence-electron chi connectivity index (χ1n) is 11.1. The molecule has 0 radical (unpaired) electrons. The van der Waals surface area contributed by atoms with E-state index >= 15 is 0 Å². The average molecular weight is 477 g/mol. The minimum absolute atomic E-state index is 0.144. The SMILES string of the molecule is CCN(CC)S(=O)(=O)c1ccc(N2CCCCC2)c(NC(=O)CSCc2cccnc2)c1. The van der Waals surface area contributed by atoms with Crippen LogP contribution in [0.1, 0.15) is 38.7 Å². The number of hydrogen-bond donors (Lipinski definition) is 1. The summed E-state index contributed by atoms with van der Waals surface area (Å²) in [5.41, 5.74) is 2.51. The van der Waals surface area contributed by atoms with Crippen molar-refractivity contribution in [2.75, 3.05) is 42.1 Å². The number of anilines is 2. The lowest BCUT2D eigenvalue weighted by atomic mass is 10.1. The van der Waals surface area contributed by atoms with E-state index in [0.29, 0.717) is 24.5 Å². The summed E-state index contributed by atoms with van der Waals surface area (Å²) in [5.74, 6) is 0.826. The van der Waals surface area contributed by atoms with E-state index < -0.39 is 10.0 Å². The van der Waals surface area contributed by atoms with Gasteiger partial charge in [0, 0.05) is 44.3 Å². The number of sulfonamides is 1. The summed E-state index contributed by atoms with van der Waals surface area (Å²) in [6.45, 7) is 6.26. The molecule has 1 aliphatic heterocycles. The number of rotatable bonds is 10. The Morgan fingerprint density at radius 2 is 1.91 bits per heavy atom. The van der Waals surface area contributed by atoms with Crippen LogP contribution in [0.5, 0.6) is 0 Å². The number of pyridine rings is 1. The van der Waals surface area contributed by atoms with E-state index in [4.69, 9.17) is 0 Å². The first-order valence-corrected chi connectivity index (χ1v) is 13.7. The van der Waals surface area contributed by atoms with E-state index in [-0.39, 0.29) is 16.6 Å². The highest BCUT2D eigenvalue weighted by molar-refractivity contribution is 7.99. The van der Waals surface area contributed by atoms with Crippen molar-refractivity contribution in [1.82, 2.24) is 9.29 Å². The lowest BCUT2D eigenvalue weighted by Gasteiger charge is -2.31. The number of benzene rings is 1. The van der Waals surface area contributed by atoms with Crippen molar-refractivity contribution in [3.05, 3.63) is 48.3 Å². The molecular formula is C23H32N4O3S2. The molecule has 32 heavy (non-hydrogen) atoms. The number of nitrogens with one attached hydrogen (secondary N) is 1. The molecule has 1 aromatic heterocycles. The van der Waals surface area contributed by atoms with Crippen LogP contribution in [0.15, 0.2) is 47.6 Å². The zero-order chi connectivity index (χ0) is 23.0. The Kier molecular flexibility index (Phi) is 8.95. The molecule has 0 unspecified atom stereocenters. The second kappa shape index (κ2) is 11.7. The largest absolute Gasteiger partial charge is 0.370 e. The van der Waals surface area contributed by atoms with Crippen LogP contribution in [0, 0.1) is 0 Å². The molecule has 0 spiro atoms. The third-order valence-electron chi connectivity index (χ3n) is 5.51. The summed E-state index contributed by atoms with van der Waals surface area (Å²) < 4.78 is 27.5. The van der Waals surface area contributed by atoms with Crippen molar-refractivity contribution in [1.29, 1.82) is 0 Å². The third kappa shape index (κ3) is 6.24. The maximum atomic E-state index is 13.0. The monoisotopic (exact) mass is 476 g/mol. The number of carbonyl (C=O) groups is 1. The minimum atomic E-state index is -3.61. The molecule has 2 aromatic rings. The molecule has 1 saturated heterocycles. The van der Waals surface area contributed by atoms with E-state index in [9.17, 15) is 13.2 Å². The van der Waals surface area contributed by atoms with Gasteiger partial charge in [0.05, 0.1) is 22.0 Å². The minimum Gasteiger partial charge on any atom is -0.370 e. The fraction of sp³-hybridized carbons (Fsp3) is 0.478. The predicted octanol–water partition coefficient (Wildman–Crippen LogP) is 3.97. The summed E-state index contributed by atoms with van der Waals surface area (Å²) >= 11 is 1.50. The fourth-order valence-corrected chi connectivity index (χ4v) is 6.08. The van der Waals surface area contributed by atoms with Crippen molar-refractivity contribution in [2.45, 2.75) is 43.8 Å². The quantitative estimate of drug-likeness (QED) is 0.559. The first-order chi connectivity index (χ1) is 15.5. The molecule has 0 bridgehead atoms. The summed E-state index contributed by atoms with van der Waals surface area (Å²) in [6, 6.07) is 8.96. The Balaban J connectivity index is 1.79. The van der Waals surface area contributed by atoms with Crippen LogP contribution in [-0.2, 0) is 20.6 Å². The third-order valence-corrected chi connectivity index (χ3v) is 8.56.